The Morgan fingerprint density at radius 1 is 1.53 bits per heavy atom. The number of nitrogens with one attached hydrogen (secondary N) is 2. The van der Waals surface area contributed by atoms with Crippen LogP contribution in [0, 0.1) is 11.3 Å². The molecule has 2 rings (SSSR count). The molecule has 0 aliphatic rings. The molecule has 4 nitrogen and oxygen atoms in total. The van der Waals surface area contributed by atoms with Crippen molar-refractivity contribution in [1.82, 2.24) is 4.98 Å². The predicted octanol–water partition coefficient (Wildman–Crippen LogP) is 2.68. The van der Waals surface area contributed by atoms with Crippen LogP contribution in [0.4, 0.5) is 5.69 Å². The number of thiazole rings is 1. The zero-order chi connectivity index (χ0) is 12.3. The van der Waals surface area contributed by atoms with Gasteiger partial charge in [0.25, 0.3) is 0 Å². The topological polar surface area (TPSA) is 68.7 Å². The Bertz CT molecular complexity index is 626. The van der Waals surface area contributed by atoms with Gasteiger partial charge in [-0.05, 0) is 18.2 Å². The van der Waals surface area contributed by atoms with E-state index < -0.39 is 0 Å². The van der Waals surface area contributed by atoms with E-state index in [1.807, 2.05) is 12.1 Å². The summed E-state index contributed by atoms with van der Waals surface area (Å²) in [4.78, 5) is 13.6. The van der Waals surface area contributed by atoms with Gasteiger partial charge < -0.3 is 10.3 Å². The van der Waals surface area contributed by atoms with Crippen LogP contribution in [0.1, 0.15) is 11.3 Å². The summed E-state index contributed by atoms with van der Waals surface area (Å²) >= 11 is 4.44. The standard InChI is InChI=1S/C11H8BrN3OS/c12-8-1-2-10(7(3-8)4-13)14-5-9-6-17-11(16)15-9/h1-3,6,14H,5H2,(H,15,16). The Hall–Kier alpha value is -1.58. The third-order valence-corrected chi connectivity index (χ3v) is 3.35. The number of hydrogen-bond acceptors (Lipinski definition) is 4. The van der Waals surface area contributed by atoms with Crippen molar-refractivity contribution in [2.24, 2.45) is 0 Å². The number of rotatable bonds is 3. The van der Waals surface area contributed by atoms with Crippen LogP contribution < -0.4 is 10.2 Å². The van der Waals surface area contributed by atoms with Crippen molar-refractivity contribution in [1.29, 1.82) is 5.26 Å². The molecule has 0 fully saturated rings. The lowest BCUT2D eigenvalue weighted by molar-refractivity contribution is 1.06. The van der Waals surface area contributed by atoms with Crippen molar-refractivity contribution >= 4 is 33.0 Å². The van der Waals surface area contributed by atoms with E-state index in [4.69, 9.17) is 5.26 Å². The minimum Gasteiger partial charge on any atom is -0.378 e. The van der Waals surface area contributed by atoms with E-state index in [1.165, 1.54) is 0 Å². The highest BCUT2D eigenvalue weighted by atomic mass is 79.9. The number of hydrogen-bond donors (Lipinski definition) is 2. The zero-order valence-corrected chi connectivity index (χ0v) is 11.1. The molecule has 2 N–H and O–H groups in total. The van der Waals surface area contributed by atoms with Crippen LogP contribution in [0.3, 0.4) is 0 Å². The lowest BCUT2D eigenvalue weighted by Gasteiger charge is -2.06. The molecule has 1 aromatic carbocycles. The Morgan fingerprint density at radius 3 is 3.00 bits per heavy atom. The van der Waals surface area contributed by atoms with Crippen LogP contribution in [0.15, 0.2) is 32.8 Å². The molecular formula is C11H8BrN3OS. The molecule has 0 radical (unpaired) electrons. The molecule has 1 aromatic heterocycles. The van der Waals surface area contributed by atoms with Gasteiger partial charge in [-0.25, -0.2) is 0 Å². The van der Waals surface area contributed by atoms with Crippen molar-refractivity contribution in [2.75, 3.05) is 5.32 Å². The van der Waals surface area contributed by atoms with Crippen molar-refractivity contribution < 1.29 is 0 Å². The molecule has 2 aromatic rings. The summed E-state index contributed by atoms with van der Waals surface area (Å²) in [6, 6.07) is 7.55. The minimum absolute atomic E-state index is 0.0712. The van der Waals surface area contributed by atoms with E-state index in [1.54, 1.807) is 11.4 Å². The fourth-order valence-electron chi connectivity index (χ4n) is 1.35. The van der Waals surface area contributed by atoms with Gasteiger partial charge in [0.2, 0.25) is 0 Å². The van der Waals surface area contributed by atoms with Gasteiger partial charge in [0, 0.05) is 15.5 Å². The first-order valence-electron chi connectivity index (χ1n) is 4.79. The van der Waals surface area contributed by atoms with Gasteiger partial charge in [0.05, 0.1) is 17.8 Å². The first-order chi connectivity index (χ1) is 8.19. The largest absolute Gasteiger partial charge is 0.378 e. The second-order valence-electron chi connectivity index (χ2n) is 3.33. The average molecular weight is 310 g/mol. The normalized spacial score (nSPS) is 9.88. The fourth-order valence-corrected chi connectivity index (χ4v) is 2.30. The molecule has 6 heteroatoms. The maximum atomic E-state index is 10.9. The number of H-pyrrole nitrogens is 1. The summed E-state index contributed by atoms with van der Waals surface area (Å²) in [6.45, 7) is 0.495. The van der Waals surface area contributed by atoms with Gasteiger partial charge >= 0.3 is 4.87 Å². The summed E-state index contributed by atoms with van der Waals surface area (Å²) in [7, 11) is 0. The number of benzene rings is 1. The van der Waals surface area contributed by atoms with Crippen LogP contribution >= 0.6 is 27.3 Å². The Balaban J connectivity index is 2.14. The molecule has 0 saturated heterocycles. The highest BCUT2D eigenvalue weighted by molar-refractivity contribution is 9.10. The third kappa shape index (κ3) is 2.96. The molecule has 0 aliphatic heterocycles. The van der Waals surface area contributed by atoms with Crippen molar-refractivity contribution in [2.45, 2.75) is 6.54 Å². The number of halogens is 1. The van der Waals surface area contributed by atoms with Gasteiger partial charge in [0.1, 0.15) is 6.07 Å². The SMILES string of the molecule is N#Cc1cc(Br)ccc1NCc1csc(=O)[nH]1. The van der Waals surface area contributed by atoms with E-state index in [0.717, 1.165) is 27.2 Å². The van der Waals surface area contributed by atoms with Crippen molar-refractivity contribution in [3.05, 3.63) is 49.0 Å². The van der Waals surface area contributed by atoms with Gasteiger partial charge in [-0.15, -0.1) is 0 Å². The van der Waals surface area contributed by atoms with Crippen molar-refractivity contribution in [3.63, 3.8) is 0 Å². The Labute approximate surface area is 110 Å². The van der Waals surface area contributed by atoms with E-state index in [2.05, 4.69) is 32.3 Å². The Morgan fingerprint density at radius 2 is 2.35 bits per heavy atom. The number of aromatic nitrogens is 1. The lowest BCUT2D eigenvalue weighted by Crippen LogP contribution is -2.03. The summed E-state index contributed by atoms with van der Waals surface area (Å²) in [6.07, 6.45) is 0. The second kappa shape index (κ2) is 5.17. The van der Waals surface area contributed by atoms with Crippen LogP contribution in [-0.4, -0.2) is 4.98 Å². The molecule has 0 saturated carbocycles. The monoisotopic (exact) mass is 309 g/mol. The third-order valence-electron chi connectivity index (χ3n) is 2.14. The molecule has 1 heterocycles. The average Bonchev–Trinajstić information content (AvgIpc) is 2.73. The highest BCUT2D eigenvalue weighted by Gasteiger charge is 2.03. The van der Waals surface area contributed by atoms with Crippen LogP contribution in [0.25, 0.3) is 0 Å². The van der Waals surface area contributed by atoms with Gasteiger partial charge in [0.15, 0.2) is 0 Å². The van der Waals surface area contributed by atoms with Crippen LogP contribution in [-0.2, 0) is 6.54 Å². The summed E-state index contributed by atoms with van der Waals surface area (Å²) < 4.78 is 0.864. The number of anilines is 1. The molecule has 0 bridgehead atoms. The molecule has 0 atom stereocenters. The molecule has 0 unspecified atom stereocenters. The van der Waals surface area contributed by atoms with E-state index in [-0.39, 0.29) is 4.87 Å². The zero-order valence-electron chi connectivity index (χ0n) is 8.66. The molecule has 0 aliphatic carbocycles. The highest BCUT2D eigenvalue weighted by Crippen LogP contribution is 2.20. The quantitative estimate of drug-likeness (QED) is 0.916. The van der Waals surface area contributed by atoms with Crippen LogP contribution in [0.5, 0.6) is 0 Å². The predicted molar refractivity (Wildman–Crippen MR) is 71.1 cm³/mol. The van der Waals surface area contributed by atoms with Gasteiger partial charge in [-0.1, -0.05) is 27.3 Å². The minimum atomic E-state index is -0.0712. The smallest absolute Gasteiger partial charge is 0.304 e. The number of nitrogens with zero attached hydrogens (tertiary/aromatic N) is 1. The summed E-state index contributed by atoms with van der Waals surface area (Å²) in [5, 5.41) is 13.9. The molecule has 86 valence electrons. The Kier molecular flexibility index (Phi) is 3.61. The molecular weight excluding hydrogens is 302 g/mol. The maximum absolute atomic E-state index is 10.9. The maximum Gasteiger partial charge on any atom is 0.304 e. The second-order valence-corrected chi connectivity index (χ2v) is 5.09. The number of aromatic amines is 1. The first kappa shape index (κ1) is 11.9. The van der Waals surface area contributed by atoms with E-state index in [0.29, 0.717) is 12.1 Å². The van der Waals surface area contributed by atoms with Crippen molar-refractivity contribution in [3.8, 4) is 6.07 Å². The van der Waals surface area contributed by atoms with Gasteiger partial charge in [-0.3, -0.25) is 4.79 Å². The first-order valence-corrected chi connectivity index (χ1v) is 6.46. The van der Waals surface area contributed by atoms with E-state index in [9.17, 15) is 4.79 Å². The summed E-state index contributed by atoms with van der Waals surface area (Å²) in [5.74, 6) is 0. The number of nitriles is 1. The van der Waals surface area contributed by atoms with Crippen LogP contribution in [0.2, 0.25) is 0 Å². The van der Waals surface area contributed by atoms with Gasteiger partial charge in [-0.2, -0.15) is 5.26 Å². The fraction of sp³-hybridized carbons (Fsp3) is 0.0909. The summed E-state index contributed by atoms with van der Waals surface area (Å²) in [5.41, 5.74) is 2.13. The molecule has 0 amide bonds. The molecule has 17 heavy (non-hydrogen) atoms. The molecule has 0 spiro atoms. The lowest BCUT2D eigenvalue weighted by atomic mass is 10.2. The van der Waals surface area contributed by atoms with E-state index >= 15 is 0 Å².